The number of rotatable bonds is 8. The molecule has 0 aromatic carbocycles. The average molecular weight is 272 g/mol. The van der Waals surface area contributed by atoms with E-state index in [2.05, 4.69) is 33.0 Å². The zero-order valence-electron chi connectivity index (χ0n) is 11.4. The minimum absolute atomic E-state index is 0.770. The van der Waals surface area contributed by atoms with Gasteiger partial charge in [0.2, 0.25) is 0 Å². The standard InChI is InChI=1S/C13H24N2S2/c1-5-11-12(7-14-6-2)17-13(15-11)9-16-8-10(3)4/h10,14H,5-9H2,1-4H3. The van der Waals surface area contributed by atoms with Crippen molar-refractivity contribution in [2.24, 2.45) is 5.92 Å². The Labute approximate surface area is 114 Å². The van der Waals surface area contributed by atoms with E-state index in [1.54, 1.807) is 0 Å². The summed E-state index contributed by atoms with van der Waals surface area (Å²) >= 11 is 3.88. The second-order valence-corrected chi connectivity index (χ2v) is 6.72. The van der Waals surface area contributed by atoms with Crippen LogP contribution in [0.25, 0.3) is 0 Å². The first kappa shape index (κ1) is 15.0. The number of hydrogen-bond donors (Lipinski definition) is 1. The minimum Gasteiger partial charge on any atom is -0.312 e. The van der Waals surface area contributed by atoms with Gasteiger partial charge >= 0.3 is 0 Å². The highest BCUT2D eigenvalue weighted by molar-refractivity contribution is 7.98. The Hall–Kier alpha value is -0.0600. The molecule has 0 atom stereocenters. The third-order valence-corrected chi connectivity index (χ3v) is 5.03. The largest absolute Gasteiger partial charge is 0.312 e. The fourth-order valence-electron chi connectivity index (χ4n) is 1.53. The molecule has 2 nitrogen and oxygen atoms in total. The molecule has 1 rings (SSSR count). The molecular weight excluding hydrogens is 248 g/mol. The van der Waals surface area contributed by atoms with Gasteiger partial charge in [-0.15, -0.1) is 11.3 Å². The molecule has 0 saturated carbocycles. The highest BCUT2D eigenvalue weighted by Gasteiger charge is 2.09. The maximum absolute atomic E-state index is 4.74. The van der Waals surface area contributed by atoms with Crippen LogP contribution in [0.3, 0.4) is 0 Å². The van der Waals surface area contributed by atoms with Crippen molar-refractivity contribution in [1.82, 2.24) is 10.3 Å². The summed E-state index contributed by atoms with van der Waals surface area (Å²) in [4.78, 5) is 6.16. The lowest BCUT2D eigenvalue weighted by molar-refractivity contribution is 0.727. The molecule has 1 N–H and O–H groups in total. The summed E-state index contributed by atoms with van der Waals surface area (Å²) in [6, 6.07) is 0. The quantitative estimate of drug-likeness (QED) is 0.781. The summed E-state index contributed by atoms with van der Waals surface area (Å²) in [7, 11) is 0. The maximum Gasteiger partial charge on any atom is 0.103 e. The third-order valence-electron chi connectivity index (χ3n) is 2.37. The van der Waals surface area contributed by atoms with E-state index < -0.39 is 0 Å². The van der Waals surface area contributed by atoms with Gasteiger partial charge in [0.05, 0.1) is 5.69 Å². The predicted octanol–water partition coefficient (Wildman–Crippen LogP) is 3.70. The Morgan fingerprint density at radius 2 is 2.12 bits per heavy atom. The van der Waals surface area contributed by atoms with Gasteiger partial charge < -0.3 is 5.32 Å². The summed E-state index contributed by atoms with van der Waals surface area (Å²) in [5.74, 6) is 3.07. The molecular formula is C13H24N2S2. The van der Waals surface area contributed by atoms with Gasteiger partial charge in [-0.3, -0.25) is 0 Å². The molecule has 1 heterocycles. The van der Waals surface area contributed by atoms with Gasteiger partial charge in [-0.2, -0.15) is 11.8 Å². The van der Waals surface area contributed by atoms with Crippen molar-refractivity contribution >= 4 is 23.1 Å². The first-order valence-corrected chi connectivity index (χ1v) is 8.40. The van der Waals surface area contributed by atoms with E-state index in [1.165, 1.54) is 21.3 Å². The zero-order chi connectivity index (χ0) is 12.7. The van der Waals surface area contributed by atoms with Crippen LogP contribution in [0.5, 0.6) is 0 Å². The van der Waals surface area contributed by atoms with Gasteiger partial charge in [0, 0.05) is 17.2 Å². The normalized spacial score (nSPS) is 11.4. The Kier molecular flexibility index (Phi) is 7.16. The van der Waals surface area contributed by atoms with Crippen LogP contribution < -0.4 is 5.32 Å². The molecule has 0 fully saturated rings. The van der Waals surface area contributed by atoms with Crippen LogP contribution in [0, 0.1) is 5.92 Å². The number of nitrogens with one attached hydrogen (secondary N) is 1. The monoisotopic (exact) mass is 272 g/mol. The van der Waals surface area contributed by atoms with E-state index in [9.17, 15) is 0 Å². The van der Waals surface area contributed by atoms with Crippen LogP contribution in [0.1, 0.15) is 43.3 Å². The van der Waals surface area contributed by atoms with Crippen LogP contribution in [0.4, 0.5) is 0 Å². The summed E-state index contributed by atoms with van der Waals surface area (Å²) < 4.78 is 0. The number of aromatic nitrogens is 1. The Balaban J connectivity index is 2.52. The van der Waals surface area contributed by atoms with Crippen LogP contribution in [0.2, 0.25) is 0 Å². The molecule has 0 spiro atoms. The molecule has 0 aliphatic rings. The van der Waals surface area contributed by atoms with E-state index in [0.29, 0.717) is 0 Å². The summed E-state index contributed by atoms with van der Waals surface area (Å²) in [6.45, 7) is 10.9. The number of hydrogen-bond acceptors (Lipinski definition) is 4. The van der Waals surface area contributed by atoms with Crippen molar-refractivity contribution in [1.29, 1.82) is 0 Å². The second kappa shape index (κ2) is 8.11. The third kappa shape index (κ3) is 5.40. The van der Waals surface area contributed by atoms with Crippen molar-refractivity contribution in [3.63, 3.8) is 0 Å². The smallest absolute Gasteiger partial charge is 0.103 e. The fraction of sp³-hybridized carbons (Fsp3) is 0.769. The first-order chi connectivity index (χ1) is 8.17. The molecule has 0 saturated heterocycles. The fourth-order valence-corrected chi connectivity index (χ4v) is 3.77. The van der Waals surface area contributed by atoms with Gasteiger partial charge in [-0.25, -0.2) is 4.98 Å². The molecule has 0 aliphatic heterocycles. The van der Waals surface area contributed by atoms with Crippen LogP contribution in [0.15, 0.2) is 0 Å². The van der Waals surface area contributed by atoms with E-state index in [4.69, 9.17) is 4.98 Å². The van der Waals surface area contributed by atoms with Crippen molar-refractivity contribution < 1.29 is 0 Å². The molecule has 1 aromatic rings. The highest BCUT2D eigenvalue weighted by Crippen LogP contribution is 2.24. The molecule has 0 unspecified atom stereocenters. The SMILES string of the molecule is CCNCc1sc(CSCC(C)C)nc1CC. The Bertz CT molecular complexity index is 321. The lowest BCUT2D eigenvalue weighted by atomic mass is 10.3. The van der Waals surface area contributed by atoms with Crippen molar-refractivity contribution in [3.8, 4) is 0 Å². The molecule has 0 amide bonds. The van der Waals surface area contributed by atoms with Gasteiger partial charge in [-0.1, -0.05) is 27.7 Å². The Morgan fingerprint density at radius 3 is 2.71 bits per heavy atom. The van der Waals surface area contributed by atoms with Crippen molar-refractivity contribution in [3.05, 3.63) is 15.6 Å². The topological polar surface area (TPSA) is 24.9 Å². The molecule has 1 aromatic heterocycles. The van der Waals surface area contributed by atoms with E-state index in [-0.39, 0.29) is 0 Å². The van der Waals surface area contributed by atoms with Gasteiger partial charge in [0.1, 0.15) is 5.01 Å². The number of thioether (sulfide) groups is 1. The lowest BCUT2D eigenvalue weighted by Crippen LogP contribution is -2.11. The maximum atomic E-state index is 4.74. The van der Waals surface area contributed by atoms with Crippen LogP contribution in [-0.2, 0) is 18.7 Å². The molecule has 0 aliphatic carbocycles. The molecule has 4 heteroatoms. The minimum atomic E-state index is 0.770. The van der Waals surface area contributed by atoms with E-state index >= 15 is 0 Å². The second-order valence-electron chi connectivity index (χ2n) is 4.52. The van der Waals surface area contributed by atoms with E-state index in [0.717, 1.165) is 31.2 Å². The number of nitrogens with zero attached hydrogens (tertiary/aromatic N) is 1. The Morgan fingerprint density at radius 1 is 1.35 bits per heavy atom. The van der Waals surface area contributed by atoms with Crippen molar-refractivity contribution in [2.75, 3.05) is 12.3 Å². The number of aryl methyl sites for hydroxylation is 1. The van der Waals surface area contributed by atoms with Gasteiger partial charge in [0.15, 0.2) is 0 Å². The van der Waals surface area contributed by atoms with Gasteiger partial charge in [-0.05, 0) is 24.6 Å². The first-order valence-electron chi connectivity index (χ1n) is 6.43. The van der Waals surface area contributed by atoms with E-state index in [1.807, 2.05) is 23.1 Å². The van der Waals surface area contributed by atoms with Crippen LogP contribution in [-0.4, -0.2) is 17.3 Å². The number of thiazole rings is 1. The van der Waals surface area contributed by atoms with Gasteiger partial charge in [0.25, 0.3) is 0 Å². The van der Waals surface area contributed by atoms with Crippen LogP contribution >= 0.6 is 23.1 Å². The highest BCUT2D eigenvalue weighted by atomic mass is 32.2. The molecule has 17 heavy (non-hydrogen) atoms. The lowest BCUT2D eigenvalue weighted by Gasteiger charge is -2.01. The zero-order valence-corrected chi connectivity index (χ0v) is 13.0. The molecule has 0 radical (unpaired) electrons. The van der Waals surface area contributed by atoms with Crippen molar-refractivity contribution in [2.45, 2.75) is 46.4 Å². The predicted molar refractivity (Wildman–Crippen MR) is 79.9 cm³/mol. The average Bonchev–Trinajstić information content (AvgIpc) is 2.68. The molecule has 98 valence electrons. The molecule has 0 bridgehead atoms. The summed E-state index contributed by atoms with van der Waals surface area (Å²) in [5, 5.41) is 4.68. The summed E-state index contributed by atoms with van der Waals surface area (Å²) in [6.07, 6.45) is 1.05. The summed E-state index contributed by atoms with van der Waals surface area (Å²) in [5.41, 5.74) is 1.29.